The molecule has 1 N–H and O–H groups in total. The largest absolute Gasteiger partial charge is 0.379 e. The summed E-state index contributed by atoms with van der Waals surface area (Å²) in [5.74, 6) is 0.961. The van der Waals surface area contributed by atoms with Crippen LogP contribution in [-0.4, -0.2) is 40.5 Å². The summed E-state index contributed by atoms with van der Waals surface area (Å²) in [6.07, 6.45) is 4.65. The van der Waals surface area contributed by atoms with Crippen molar-refractivity contribution in [2.75, 3.05) is 13.2 Å². The van der Waals surface area contributed by atoms with E-state index in [0.717, 1.165) is 42.5 Å². The molecule has 0 saturated heterocycles. The molecule has 208 valence electrons. The number of hydrogen-bond donors (Lipinski definition) is 1. The van der Waals surface area contributed by atoms with Crippen molar-refractivity contribution in [3.8, 4) is 0 Å². The molecule has 0 saturated carbocycles. The first kappa shape index (κ1) is 30.0. The second-order valence-corrected chi connectivity index (χ2v) is 11.9. The number of benzene rings is 1. The van der Waals surface area contributed by atoms with Gasteiger partial charge < -0.3 is 14.6 Å². The van der Waals surface area contributed by atoms with E-state index in [9.17, 15) is 9.59 Å². The topological polar surface area (TPSA) is 73.2 Å². The van der Waals surface area contributed by atoms with Gasteiger partial charge in [-0.15, -0.1) is 11.3 Å². The van der Waals surface area contributed by atoms with Crippen molar-refractivity contribution in [1.82, 2.24) is 14.9 Å². The van der Waals surface area contributed by atoms with E-state index in [4.69, 9.17) is 9.72 Å². The van der Waals surface area contributed by atoms with Gasteiger partial charge in [-0.25, -0.2) is 4.98 Å². The van der Waals surface area contributed by atoms with E-state index in [1.807, 2.05) is 32.0 Å². The minimum absolute atomic E-state index is 0.00673. The maximum Gasteiger partial charge on any atom is 0.223 e. The molecule has 1 atom stereocenters. The third-order valence-electron chi connectivity index (χ3n) is 6.93. The number of rotatable bonds is 16. The number of hydrogen-bond acceptors (Lipinski definition) is 5. The Labute approximate surface area is 232 Å². The van der Waals surface area contributed by atoms with E-state index in [2.05, 4.69) is 55.1 Å². The van der Waals surface area contributed by atoms with Gasteiger partial charge in [-0.2, -0.15) is 0 Å². The molecular weight excluding hydrogens is 494 g/mol. The van der Waals surface area contributed by atoms with E-state index in [1.165, 1.54) is 4.88 Å². The SMILES string of the molecule is CCC(CC)n1c(Cc2cccs2)nc2cc(C(=O)C[C@@H](CC(C)C)C(=O)NCCCOC(C)C)ccc21. The number of aromatic nitrogens is 2. The van der Waals surface area contributed by atoms with Crippen molar-refractivity contribution >= 4 is 34.1 Å². The number of Topliss-reactive ketones (excluding diaryl/α,β-unsaturated/α-hetero) is 1. The van der Waals surface area contributed by atoms with E-state index in [-0.39, 0.29) is 30.1 Å². The highest BCUT2D eigenvalue weighted by molar-refractivity contribution is 7.09. The summed E-state index contributed by atoms with van der Waals surface area (Å²) in [6, 6.07) is 10.5. The van der Waals surface area contributed by atoms with Crippen molar-refractivity contribution in [1.29, 1.82) is 0 Å². The molecule has 1 aromatic carbocycles. The molecule has 0 aliphatic rings. The highest BCUT2D eigenvalue weighted by Crippen LogP contribution is 2.29. The number of fused-ring (bicyclic) bond motifs is 1. The predicted molar refractivity (Wildman–Crippen MR) is 157 cm³/mol. The summed E-state index contributed by atoms with van der Waals surface area (Å²) in [6.45, 7) is 13.8. The van der Waals surface area contributed by atoms with Gasteiger partial charge in [0, 0.05) is 48.4 Å². The first-order valence-electron chi connectivity index (χ1n) is 14.2. The molecule has 1 amide bonds. The Balaban J connectivity index is 1.78. The number of carbonyl (C=O) groups excluding carboxylic acids is 2. The zero-order valence-electron chi connectivity index (χ0n) is 24.0. The first-order chi connectivity index (χ1) is 18.2. The Morgan fingerprint density at radius 2 is 1.87 bits per heavy atom. The lowest BCUT2D eigenvalue weighted by Crippen LogP contribution is -2.34. The summed E-state index contributed by atoms with van der Waals surface area (Å²) in [7, 11) is 0. The van der Waals surface area contributed by atoms with Crippen molar-refractivity contribution in [2.24, 2.45) is 11.8 Å². The molecule has 0 bridgehead atoms. The molecule has 2 aromatic heterocycles. The molecule has 0 aliphatic carbocycles. The molecule has 0 radical (unpaired) electrons. The Morgan fingerprint density at radius 1 is 1.11 bits per heavy atom. The summed E-state index contributed by atoms with van der Waals surface area (Å²) < 4.78 is 7.92. The Kier molecular flexibility index (Phi) is 11.5. The number of nitrogens with zero attached hydrogens (tertiary/aromatic N) is 2. The van der Waals surface area contributed by atoms with E-state index >= 15 is 0 Å². The Morgan fingerprint density at radius 3 is 2.50 bits per heavy atom. The van der Waals surface area contributed by atoms with Crippen LogP contribution < -0.4 is 5.32 Å². The average Bonchev–Trinajstić information content (AvgIpc) is 3.51. The summed E-state index contributed by atoms with van der Waals surface area (Å²) in [5.41, 5.74) is 2.55. The van der Waals surface area contributed by atoms with Gasteiger partial charge in [0.05, 0.1) is 17.1 Å². The fourth-order valence-corrected chi connectivity index (χ4v) is 5.72. The number of ether oxygens (including phenoxy) is 1. The second kappa shape index (κ2) is 14.6. The Hall–Kier alpha value is -2.51. The monoisotopic (exact) mass is 539 g/mol. The molecule has 7 heteroatoms. The molecule has 0 fully saturated rings. The summed E-state index contributed by atoms with van der Waals surface area (Å²) in [5, 5.41) is 5.12. The number of amides is 1. The molecule has 38 heavy (non-hydrogen) atoms. The molecule has 0 aliphatic heterocycles. The molecule has 0 unspecified atom stereocenters. The van der Waals surface area contributed by atoms with Gasteiger partial charge in [0.15, 0.2) is 5.78 Å². The normalized spacial score (nSPS) is 12.7. The zero-order valence-corrected chi connectivity index (χ0v) is 24.8. The third kappa shape index (κ3) is 8.24. The average molecular weight is 540 g/mol. The fraction of sp³-hybridized carbons (Fsp3) is 0.581. The van der Waals surface area contributed by atoms with Crippen LogP contribution >= 0.6 is 11.3 Å². The lowest BCUT2D eigenvalue weighted by atomic mass is 9.89. The van der Waals surface area contributed by atoms with Crippen LogP contribution in [0, 0.1) is 11.8 Å². The third-order valence-corrected chi connectivity index (χ3v) is 7.81. The summed E-state index contributed by atoms with van der Waals surface area (Å²) >= 11 is 1.74. The predicted octanol–water partition coefficient (Wildman–Crippen LogP) is 7.22. The van der Waals surface area contributed by atoms with Crippen LogP contribution in [0.4, 0.5) is 0 Å². The van der Waals surface area contributed by atoms with Crippen molar-refractivity contribution in [3.63, 3.8) is 0 Å². The smallest absolute Gasteiger partial charge is 0.223 e. The number of carbonyl (C=O) groups is 2. The molecular formula is C31H45N3O3S. The number of nitrogens with one attached hydrogen (secondary N) is 1. The lowest BCUT2D eigenvalue weighted by molar-refractivity contribution is -0.125. The molecule has 6 nitrogen and oxygen atoms in total. The number of imidazole rings is 1. The van der Waals surface area contributed by atoms with E-state index in [1.54, 1.807) is 11.3 Å². The van der Waals surface area contributed by atoms with Gasteiger partial charge in [0.25, 0.3) is 0 Å². The van der Waals surface area contributed by atoms with Gasteiger partial charge in [0.1, 0.15) is 5.82 Å². The lowest BCUT2D eigenvalue weighted by Gasteiger charge is -2.19. The van der Waals surface area contributed by atoms with Crippen LogP contribution in [0.1, 0.15) is 101 Å². The minimum atomic E-state index is -0.347. The van der Waals surface area contributed by atoms with E-state index in [0.29, 0.717) is 37.1 Å². The molecule has 2 heterocycles. The zero-order chi connectivity index (χ0) is 27.7. The van der Waals surface area contributed by atoms with Crippen molar-refractivity contribution < 1.29 is 14.3 Å². The van der Waals surface area contributed by atoms with Gasteiger partial charge in [-0.1, -0.05) is 33.8 Å². The minimum Gasteiger partial charge on any atom is -0.379 e. The molecule has 3 aromatic rings. The quantitative estimate of drug-likeness (QED) is 0.154. The second-order valence-electron chi connectivity index (χ2n) is 10.8. The molecule has 3 rings (SSSR count). The summed E-state index contributed by atoms with van der Waals surface area (Å²) in [4.78, 5) is 32.7. The van der Waals surface area contributed by atoms with Crippen LogP contribution in [0.3, 0.4) is 0 Å². The van der Waals surface area contributed by atoms with Crippen molar-refractivity contribution in [3.05, 3.63) is 52.0 Å². The van der Waals surface area contributed by atoms with Crippen LogP contribution in [0.5, 0.6) is 0 Å². The highest BCUT2D eigenvalue weighted by Gasteiger charge is 2.25. The maximum atomic E-state index is 13.4. The van der Waals surface area contributed by atoms with Crippen LogP contribution in [0.2, 0.25) is 0 Å². The first-order valence-corrected chi connectivity index (χ1v) is 15.1. The van der Waals surface area contributed by atoms with Crippen molar-refractivity contribution in [2.45, 2.75) is 92.2 Å². The number of ketones is 1. The maximum absolute atomic E-state index is 13.4. The van der Waals surface area contributed by atoms with Crippen LogP contribution in [0.15, 0.2) is 35.7 Å². The van der Waals surface area contributed by atoms with Gasteiger partial charge in [0.2, 0.25) is 5.91 Å². The molecule has 0 spiro atoms. The van der Waals surface area contributed by atoms with E-state index < -0.39 is 0 Å². The van der Waals surface area contributed by atoms with Crippen LogP contribution in [-0.2, 0) is 16.0 Å². The van der Waals surface area contributed by atoms with Gasteiger partial charge >= 0.3 is 0 Å². The van der Waals surface area contributed by atoms with Gasteiger partial charge in [-0.3, -0.25) is 9.59 Å². The van der Waals surface area contributed by atoms with Gasteiger partial charge in [-0.05, 0) is 75.1 Å². The standard InChI is InChI=1S/C31H45N3O3S/c1-7-25(8-2)34-28-13-12-23(18-27(28)33-30(34)20-26-11-9-16-38-26)29(35)19-24(17-21(3)4)31(36)32-14-10-15-37-22(5)6/h9,11-13,16,18,21-22,24-25H,7-8,10,14-15,17,19-20H2,1-6H3,(H,32,36)/t24-/m1/s1. The highest BCUT2D eigenvalue weighted by atomic mass is 32.1. The van der Waals surface area contributed by atoms with Crippen LogP contribution in [0.25, 0.3) is 11.0 Å². The number of thiophene rings is 1. The Bertz CT molecular complexity index is 1160. The fourth-order valence-electron chi connectivity index (χ4n) is 5.02.